The fourth-order valence-electron chi connectivity index (χ4n) is 1.45. The highest BCUT2D eigenvalue weighted by Crippen LogP contribution is 2.21. The van der Waals surface area contributed by atoms with Crippen LogP contribution in [0.3, 0.4) is 0 Å². The molecule has 0 fully saturated rings. The first-order valence-corrected chi connectivity index (χ1v) is 5.31. The van der Waals surface area contributed by atoms with Crippen LogP contribution in [0.4, 0.5) is 18.9 Å². The second kappa shape index (κ2) is 5.81. The third-order valence-corrected chi connectivity index (χ3v) is 2.34. The maximum Gasteiger partial charge on any atom is 0.390 e. The summed E-state index contributed by atoms with van der Waals surface area (Å²) in [5.41, 5.74) is 0.664. The van der Waals surface area contributed by atoms with Crippen molar-refractivity contribution in [1.82, 2.24) is 5.32 Å². The lowest BCUT2D eigenvalue weighted by Gasteiger charge is -2.15. The predicted octanol–water partition coefficient (Wildman–Crippen LogP) is 3.03. The van der Waals surface area contributed by atoms with Crippen molar-refractivity contribution in [2.75, 3.05) is 0 Å². The Kier molecular flexibility index (Phi) is 4.66. The van der Waals surface area contributed by atoms with Gasteiger partial charge in [0.05, 0.1) is 11.3 Å². The Morgan fingerprint density at radius 3 is 2.33 bits per heavy atom. The zero-order valence-corrected chi connectivity index (χ0v) is 9.70. The molecule has 1 rings (SSSR count). The van der Waals surface area contributed by atoms with E-state index < -0.39 is 23.6 Å². The maximum absolute atomic E-state index is 12.1. The van der Waals surface area contributed by atoms with E-state index in [-0.39, 0.29) is 12.2 Å². The summed E-state index contributed by atoms with van der Waals surface area (Å²) >= 11 is 0. The second-order valence-corrected chi connectivity index (χ2v) is 4.02. The first kappa shape index (κ1) is 14.4. The summed E-state index contributed by atoms with van der Waals surface area (Å²) in [6, 6.07) is 4.99. The molecule has 1 N–H and O–H groups in total. The van der Waals surface area contributed by atoms with Crippen LogP contribution in [-0.4, -0.2) is 17.1 Å². The van der Waals surface area contributed by atoms with Crippen molar-refractivity contribution >= 4 is 5.69 Å². The maximum atomic E-state index is 12.1. The Hall–Kier alpha value is -1.63. The molecule has 0 bridgehead atoms. The third kappa shape index (κ3) is 5.13. The standard InChI is InChI=1S/C11H13F3N2O2/c1-8(6-11(12,13)14)15-7-9-2-4-10(5-3-9)16(17)18/h2-5,8,15H,6-7H2,1H3. The summed E-state index contributed by atoms with van der Waals surface area (Å²) in [4.78, 5) is 9.88. The van der Waals surface area contributed by atoms with Crippen molar-refractivity contribution in [3.05, 3.63) is 39.9 Å². The van der Waals surface area contributed by atoms with Gasteiger partial charge in [-0.15, -0.1) is 0 Å². The van der Waals surface area contributed by atoms with Gasteiger partial charge in [-0.3, -0.25) is 10.1 Å². The molecule has 4 nitrogen and oxygen atoms in total. The van der Waals surface area contributed by atoms with Crippen LogP contribution in [0, 0.1) is 10.1 Å². The van der Waals surface area contributed by atoms with Crippen LogP contribution < -0.4 is 5.32 Å². The number of nitro benzene ring substituents is 1. The number of nitrogens with one attached hydrogen (secondary N) is 1. The minimum atomic E-state index is -4.19. The molecule has 0 aliphatic rings. The highest BCUT2D eigenvalue weighted by molar-refractivity contribution is 5.32. The van der Waals surface area contributed by atoms with Crippen molar-refractivity contribution in [3.63, 3.8) is 0 Å². The molecular formula is C11H13F3N2O2. The minimum Gasteiger partial charge on any atom is -0.310 e. The molecular weight excluding hydrogens is 249 g/mol. The number of nitro groups is 1. The lowest BCUT2D eigenvalue weighted by Crippen LogP contribution is -2.30. The van der Waals surface area contributed by atoms with Gasteiger partial charge in [0.15, 0.2) is 0 Å². The third-order valence-electron chi connectivity index (χ3n) is 2.34. The summed E-state index contributed by atoms with van der Waals surface area (Å²) in [6.45, 7) is 1.69. The fourth-order valence-corrected chi connectivity index (χ4v) is 1.45. The zero-order chi connectivity index (χ0) is 13.8. The number of halogens is 3. The highest BCUT2D eigenvalue weighted by Gasteiger charge is 2.29. The molecule has 0 aromatic heterocycles. The van der Waals surface area contributed by atoms with Gasteiger partial charge in [-0.25, -0.2) is 0 Å². The summed E-state index contributed by atoms with van der Waals surface area (Å²) in [6.07, 6.45) is -5.10. The molecule has 0 spiro atoms. The molecule has 1 aromatic carbocycles. The van der Waals surface area contributed by atoms with E-state index in [2.05, 4.69) is 5.32 Å². The van der Waals surface area contributed by atoms with Crippen LogP contribution in [0.5, 0.6) is 0 Å². The van der Waals surface area contributed by atoms with Crippen molar-refractivity contribution in [3.8, 4) is 0 Å². The smallest absolute Gasteiger partial charge is 0.310 e. The Bertz CT molecular complexity index is 404. The number of hydrogen-bond acceptors (Lipinski definition) is 3. The normalized spacial score (nSPS) is 13.3. The van der Waals surface area contributed by atoms with E-state index in [1.54, 1.807) is 0 Å². The monoisotopic (exact) mass is 262 g/mol. The predicted molar refractivity (Wildman–Crippen MR) is 60.1 cm³/mol. The zero-order valence-electron chi connectivity index (χ0n) is 9.70. The van der Waals surface area contributed by atoms with E-state index in [9.17, 15) is 23.3 Å². The molecule has 0 saturated carbocycles. The molecule has 1 unspecified atom stereocenters. The van der Waals surface area contributed by atoms with Gasteiger partial charge in [-0.2, -0.15) is 13.2 Å². The van der Waals surface area contributed by atoms with E-state index in [1.165, 1.54) is 31.2 Å². The molecule has 0 aliphatic heterocycles. The van der Waals surface area contributed by atoms with E-state index in [1.807, 2.05) is 0 Å². The van der Waals surface area contributed by atoms with Gasteiger partial charge in [-0.05, 0) is 12.5 Å². The first-order valence-electron chi connectivity index (χ1n) is 5.31. The lowest BCUT2D eigenvalue weighted by atomic mass is 10.2. The molecule has 1 atom stereocenters. The number of alkyl halides is 3. The van der Waals surface area contributed by atoms with Gasteiger partial charge < -0.3 is 5.32 Å². The van der Waals surface area contributed by atoms with Gasteiger partial charge in [0.1, 0.15) is 0 Å². The largest absolute Gasteiger partial charge is 0.390 e. The number of rotatable bonds is 5. The van der Waals surface area contributed by atoms with Gasteiger partial charge in [0, 0.05) is 24.7 Å². The Morgan fingerprint density at radius 2 is 1.89 bits per heavy atom. The molecule has 1 aromatic rings. The minimum absolute atomic E-state index is 0.0397. The van der Waals surface area contributed by atoms with E-state index in [0.717, 1.165) is 0 Å². The summed E-state index contributed by atoms with van der Waals surface area (Å²) in [5, 5.41) is 13.1. The van der Waals surface area contributed by atoms with Gasteiger partial charge in [0.2, 0.25) is 0 Å². The molecule has 100 valence electrons. The van der Waals surface area contributed by atoms with E-state index >= 15 is 0 Å². The average Bonchev–Trinajstić information content (AvgIpc) is 2.24. The van der Waals surface area contributed by atoms with Crippen LogP contribution >= 0.6 is 0 Å². The number of nitrogens with zero attached hydrogens (tertiary/aromatic N) is 1. The topological polar surface area (TPSA) is 55.2 Å². The van der Waals surface area contributed by atoms with Crippen LogP contribution in [0.25, 0.3) is 0 Å². The van der Waals surface area contributed by atoms with E-state index in [0.29, 0.717) is 5.56 Å². The van der Waals surface area contributed by atoms with Crippen molar-refractivity contribution in [1.29, 1.82) is 0 Å². The summed E-state index contributed by atoms with van der Waals surface area (Å²) in [5.74, 6) is 0. The van der Waals surface area contributed by atoms with Crippen molar-refractivity contribution in [2.45, 2.75) is 32.1 Å². The highest BCUT2D eigenvalue weighted by atomic mass is 19.4. The Morgan fingerprint density at radius 1 is 1.33 bits per heavy atom. The molecule has 0 heterocycles. The molecule has 0 radical (unpaired) electrons. The molecule has 0 saturated heterocycles. The van der Waals surface area contributed by atoms with Crippen LogP contribution in [0.15, 0.2) is 24.3 Å². The molecule has 0 amide bonds. The summed E-state index contributed by atoms with van der Waals surface area (Å²) < 4.78 is 36.2. The van der Waals surface area contributed by atoms with Gasteiger partial charge >= 0.3 is 6.18 Å². The number of hydrogen-bond donors (Lipinski definition) is 1. The molecule has 7 heteroatoms. The van der Waals surface area contributed by atoms with Crippen molar-refractivity contribution < 1.29 is 18.1 Å². The van der Waals surface area contributed by atoms with Gasteiger partial charge in [-0.1, -0.05) is 12.1 Å². The second-order valence-electron chi connectivity index (χ2n) is 4.02. The fraction of sp³-hybridized carbons (Fsp3) is 0.455. The summed E-state index contributed by atoms with van der Waals surface area (Å²) in [7, 11) is 0. The van der Waals surface area contributed by atoms with Crippen LogP contribution in [0.2, 0.25) is 0 Å². The Balaban J connectivity index is 2.46. The first-order chi connectivity index (χ1) is 8.28. The molecule has 0 aliphatic carbocycles. The Labute approximate surface area is 102 Å². The van der Waals surface area contributed by atoms with Gasteiger partial charge in [0.25, 0.3) is 5.69 Å². The van der Waals surface area contributed by atoms with Crippen molar-refractivity contribution in [2.24, 2.45) is 0 Å². The van der Waals surface area contributed by atoms with E-state index in [4.69, 9.17) is 0 Å². The number of non-ortho nitro benzene ring substituents is 1. The SMILES string of the molecule is CC(CC(F)(F)F)NCc1ccc([N+](=O)[O-])cc1. The average molecular weight is 262 g/mol. The quantitative estimate of drug-likeness (QED) is 0.655. The lowest BCUT2D eigenvalue weighted by molar-refractivity contribution is -0.384. The van der Waals surface area contributed by atoms with Crippen LogP contribution in [-0.2, 0) is 6.54 Å². The molecule has 18 heavy (non-hydrogen) atoms. The van der Waals surface area contributed by atoms with Crippen LogP contribution in [0.1, 0.15) is 18.9 Å². The number of benzene rings is 1.